The van der Waals surface area contributed by atoms with Crippen molar-refractivity contribution < 1.29 is 31.9 Å². The molecule has 0 atom stereocenters. The minimum atomic E-state index is -4.47. The SMILES string of the molecule is COc1cc(C(=O)N2CCN(C(=O)c3ccc(-c4cccc(C(F)(F)F)c4)o3)CC2)ccc1C. The minimum Gasteiger partial charge on any atom is -0.496 e. The van der Waals surface area contributed by atoms with Crippen LogP contribution in [0.4, 0.5) is 13.2 Å². The van der Waals surface area contributed by atoms with Gasteiger partial charge < -0.3 is 19.0 Å². The zero-order valence-electron chi connectivity index (χ0n) is 18.7. The summed E-state index contributed by atoms with van der Waals surface area (Å²) in [6.07, 6.45) is -4.47. The Kier molecular flexibility index (Phi) is 6.37. The lowest BCUT2D eigenvalue weighted by atomic mass is 10.1. The van der Waals surface area contributed by atoms with Gasteiger partial charge in [0.2, 0.25) is 0 Å². The second kappa shape index (κ2) is 9.24. The van der Waals surface area contributed by atoms with Crippen LogP contribution in [0.25, 0.3) is 11.3 Å². The Balaban J connectivity index is 1.41. The van der Waals surface area contributed by atoms with Crippen LogP contribution in [-0.4, -0.2) is 54.9 Å². The molecule has 0 saturated carbocycles. The lowest BCUT2D eigenvalue weighted by Crippen LogP contribution is -2.50. The van der Waals surface area contributed by atoms with E-state index in [1.807, 2.05) is 13.0 Å². The Morgan fingerprint density at radius 2 is 1.59 bits per heavy atom. The summed E-state index contributed by atoms with van der Waals surface area (Å²) in [4.78, 5) is 29.0. The maximum atomic E-state index is 13.0. The first kappa shape index (κ1) is 23.4. The maximum absolute atomic E-state index is 13.0. The molecular formula is C25H23F3N2O4. The van der Waals surface area contributed by atoms with Gasteiger partial charge in [0.15, 0.2) is 5.76 Å². The summed E-state index contributed by atoms with van der Waals surface area (Å²) in [5.74, 6) is 0.332. The van der Waals surface area contributed by atoms with Crippen LogP contribution in [0.1, 0.15) is 32.0 Å². The van der Waals surface area contributed by atoms with Crippen LogP contribution >= 0.6 is 0 Å². The number of piperazine rings is 1. The largest absolute Gasteiger partial charge is 0.496 e. The number of hydrogen-bond acceptors (Lipinski definition) is 4. The Morgan fingerprint density at radius 1 is 0.912 bits per heavy atom. The van der Waals surface area contributed by atoms with E-state index in [4.69, 9.17) is 9.15 Å². The molecule has 34 heavy (non-hydrogen) atoms. The van der Waals surface area contributed by atoms with Gasteiger partial charge in [-0.15, -0.1) is 0 Å². The number of rotatable bonds is 4. The molecule has 3 aromatic rings. The molecule has 9 heteroatoms. The van der Waals surface area contributed by atoms with Gasteiger partial charge >= 0.3 is 6.18 Å². The molecule has 0 N–H and O–H groups in total. The molecule has 0 bridgehead atoms. The second-order valence-corrected chi connectivity index (χ2v) is 8.01. The van der Waals surface area contributed by atoms with Crippen LogP contribution in [0.2, 0.25) is 0 Å². The van der Waals surface area contributed by atoms with E-state index >= 15 is 0 Å². The van der Waals surface area contributed by atoms with Crippen LogP contribution in [0.3, 0.4) is 0 Å². The first-order valence-electron chi connectivity index (χ1n) is 10.7. The average Bonchev–Trinajstić information content (AvgIpc) is 3.33. The van der Waals surface area contributed by atoms with Gasteiger partial charge in [-0.25, -0.2) is 0 Å². The summed E-state index contributed by atoms with van der Waals surface area (Å²) >= 11 is 0. The first-order chi connectivity index (χ1) is 16.2. The number of benzene rings is 2. The molecule has 0 aliphatic carbocycles. The van der Waals surface area contributed by atoms with Gasteiger partial charge in [-0.1, -0.05) is 18.2 Å². The number of alkyl halides is 3. The number of furan rings is 1. The predicted molar refractivity (Wildman–Crippen MR) is 119 cm³/mol. The van der Waals surface area contributed by atoms with Crippen molar-refractivity contribution in [1.82, 2.24) is 9.80 Å². The van der Waals surface area contributed by atoms with Gasteiger partial charge in [0.25, 0.3) is 11.8 Å². The van der Waals surface area contributed by atoms with E-state index in [0.29, 0.717) is 37.5 Å². The van der Waals surface area contributed by atoms with Crippen molar-refractivity contribution in [2.75, 3.05) is 33.3 Å². The van der Waals surface area contributed by atoms with Crippen LogP contribution in [0.15, 0.2) is 59.0 Å². The summed E-state index contributed by atoms with van der Waals surface area (Å²) in [5, 5.41) is 0. The highest BCUT2D eigenvalue weighted by atomic mass is 19.4. The number of carbonyl (C=O) groups is 2. The van der Waals surface area contributed by atoms with E-state index in [2.05, 4.69) is 0 Å². The van der Waals surface area contributed by atoms with Crippen molar-refractivity contribution in [2.45, 2.75) is 13.1 Å². The number of nitrogens with zero attached hydrogens (tertiary/aromatic N) is 2. The van der Waals surface area contributed by atoms with E-state index in [-0.39, 0.29) is 28.9 Å². The molecule has 1 aromatic heterocycles. The standard InChI is InChI=1S/C25H23F3N2O4/c1-16-6-7-18(15-22(16)33-2)23(31)29-10-12-30(13-11-29)24(32)21-9-8-20(34-21)17-4-3-5-19(14-17)25(26,27)28/h3-9,14-15H,10-13H2,1-2H3. The highest BCUT2D eigenvalue weighted by Crippen LogP contribution is 2.33. The maximum Gasteiger partial charge on any atom is 0.416 e. The molecule has 6 nitrogen and oxygen atoms in total. The number of halogens is 3. The highest BCUT2D eigenvalue weighted by molar-refractivity contribution is 5.95. The third-order valence-corrected chi connectivity index (χ3v) is 5.80. The Labute approximate surface area is 194 Å². The van der Waals surface area contributed by atoms with E-state index in [1.165, 1.54) is 24.3 Å². The van der Waals surface area contributed by atoms with Crippen molar-refractivity contribution in [3.63, 3.8) is 0 Å². The highest BCUT2D eigenvalue weighted by Gasteiger charge is 2.31. The van der Waals surface area contributed by atoms with Crippen LogP contribution in [0.5, 0.6) is 5.75 Å². The molecule has 2 amide bonds. The smallest absolute Gasteiger partial charge is 0.416 e. The molecule has 4 rings (SSSR count). The van der Waals surface area contributed by atoms with Crippen molar-refractivity contribution >= 4 is 11.8 Å². The van der Waals surface area contributed by atoms with E-state index in [9.17, 15) is 22.8 Å². The Morgan fingerprint density at radius 3 is 2.24 bits per heavy atom. The molecule has 1 aliphatic rings. The predicted octanol–water partition coefficient (Wildman–Crippen LogP) is 4.88. The summed E-state index contributed by atoms with van der Waals surface area (Å²) in [6, 6.07) is 13.0. The molecule has 1 saturated heterocycles. The van der Waals surface area contributed by atoms with Gasteiger partial charge in [-0.2, -0.15) is 13.2 Å². The van der Waals surface area contributed by atoms with Gasteiger partial charge in [0.1, 0.15) is 11.5 Å². The summed E-state index contributed by atoms with van der Waals surface area (Å²) in [5.41, 5.74) is 0.885. The van der Waals surface area contributed by atoms with Gasteiger partial charge in [0.05, 0.1) is 12.7 Å². The number of ether oxygens (including phenoxy) is 1. The van der Waals surface area contributed by atoms with Crippen LogP contribution < -0.4 is 4.74 Å². The fraction of sp³-hybridized carbons (Fsp3) is 0.280. The zero-order valence-corrected chi connectivity index (χ0v) is 18.7. The van der Waals surface area contributed by atoms with E-state index < -0.39 is 11.7 Å². The van der Waals surface area contributed by atoms with Crippen molar-refractivity contribution in [3.8, 4) is 17.1 Å². The average molecular weight is 472 g/mol. The second-order valence-electron chi connectivity index (χ2n) is 8.01. The van der Waals surface area contributed by atoms with Crippen molar-refractivity contribution in [2.24, 2.45) is 0 Å². The quantitative estimate of drug-likeness (QED) is 0.543. The zero-order chi connectivity index (χ0) is 24.5. The van der Waals surface area contributed by atoms with E-state index in [1.54, 1.807) is 29.0 Å². The Hall–Kier alpha value is -3.75. The van der Waals surface area contributed by atoms with E-state index in [0.717, 1.165) is 17.7 Å². The Bertz CT molecular complexity index is 1210. The molecular weight excluding hydrogens is 449 g/mol. The number of hydrogen-bond donors (Lipinski definition) is 0. The number of methoxy groups -OCH3 is 1. The normalized spacial score (nSPS) is 14.3. The summed E-state index contributed by atoms with van der Waals surface area (Å²) in [6.45, 7) is 3.22. The lowest BCUT2D eigenvalue weighted by molar-refractivity contribution is -0.137. The fourth-order valence-electron chi connectivity index (χ4n) is 3.86. The molecule has 178 valence electrons. The summed E-state index contributed by atoms with van der Waals surface area (Å²) in [7, 11) is 1.55. The monoisotopic (exact) mass is 472 g/mol. The van der Waals surface area contributed by atoms with Crippen LogP contribution in [0, 0.1) is 6.92 Å². The minimum absolute atomic E-state index is 0.0375. The van der Waals surface area contributed by atoms with Crippen LogP contribution in [-0.2, 0) is 6.18 Å². The number of carbonyl (C=O) groups excluding carboxylic acids is 2. The van der Waals surface area contributed by atoms with Gasteiger partial charge in [-0.05, 0) is 48.9 Å². The van der Waals surface area contributed by atoms with Crippen molar-refractivity contribution in [3.05, 3.63) is 77.0 Å². The summed E-state index contributed by atoms with van der Waals surface area (Å²) < 4.78 is 49.8. The first-order valence-corrected chi connectivity index (χ1v) is 10.7. The molecule has 0 spiro atoms. The third kappa shape index (κ3) is 4.78. The molecule has 1 aliphatic heterocycles. The lowest BCUT2D eigenvalue weighted by Gasteiger charge is -2.34. The number of amides is 2. The molecule has 0 unspecified atom stereocenters. The van der Waals surface area contributed by atoms with Crippen molar-refractivity contribution in [1.29, 1.82) is 0 Å². The van der Waals surface area contributed by atoms with Gasteiger partial charge in [-0.3, -0.25) is 9.59 Å². The fourth-order valence-corrected chi connectivity index (χ4v) is 3.86. The molecule has 1 fully saturated rings. The molecule has 2 heterocycles. The number of aryl methyl sites for hydroxylation is 1. The topological polar surface area (TPSA) is 63.0 Å². The van der Waals surface area contributed by atoms with Gasteiger partial charge in [0, 0.05) is 37.3 Å². The molecule has 0 radical (unpaired) electrons. The molecule has 2 aromatic carbocycles. The third-order valence-electron chi connectivity index (χ3n) is 5.80.